The number of phenolic OH excluding ortho intramolecular Hbond substituents is 1. The van der Waals surface area contributed by atoms with Gasteiger partial charge in [-0.3, -0.25) is 9.59 Å². The molecule has 1 saturated heterocycles. The van der Waals surface area contributed by atoms with E-state index in [0.29, 0.717) is 16.9 Å². The van der Waals surface area contributed by atoms with Crippen molar-refractivity contribution in [1.82, 2.24) is 0 Å². The van der Waals surface area contributed by atoms with Gasteiger partial charge in [0.1, 0.15) is 5.75 Å². The molecular formula is C15H14ClNO3. The number of carbonyl (C=O) groups is 2. The number of imide groups is 1. The number of aromatic hydroxyl groups is 1. The maximum Gasteiger partial charge on any atom is 0.238 e. The van der Waals surface area contributed by atoms with Gasteiger partial charge in [0.05, 0.1) is 17.5 Å². The Hall–Kier alpha value is -1.55. The van der Waals surface area contributed by atoms with E-state index in [0.717, 1.165) is 24.2 Å². The number of phenols is 1. The molecule has 2 saturated carbocycles. The summed E-state index contributed by atoms with van der Waals surface area (Å²) < 4.78 is 0. The first-order valence-electron chi connectivity index (χ1n) is 6.94. The Bertz CT molecular complexity index is 602. The Morgan fingerprint density at radius 1 is 1.10 bits per heavy atom. The first kappa shape index (κ1) is 12.2. The van der Waals surface area contributed by atoms with E-state index in [-0.39, 0.29) is 35.1 Å². The second kappa shape index (κ2) is 3.98. The summed E-state index contributed by atoms with van der Waals surface area (Å²) in [5.74, 6) is -0.0854. The summed E-state index contributed by atoms with van der Waals surface area (Å²) in [4.78, 5) is 26.4. The van der Waals surface area contributed by atoms with E-state index in [2.05, 4.69) is 0 Å². The van der Waals surface area contributed by atoms with Crippen molar-refractivity contribution in [2.75, 3.05) is 4.90 Å². The molecule has 4 nitrogen and oxygen atoms in total. The zero-order valence-electron chi connectivity index (χ0n) is 10.8. The van der Waals surface area contributed by atoms with E-state index < -0.39 is 0 Å². The number of hydrogen-bond acceptors (Lipinski definition) is 3. The van der Waals surface area contributed by atoms with Crippen molar-refractivity contribution in [3.8, 4) is 5.75 Å². The molecule has 1 aromatic carbocycles. The van der Waals surface area contributed by atoms with Gasteiger partial charge in [-0.25, -0.2) is 4.90 Å². The van der Waals surface area contributed by atoms with Crippen molar-refractivity contribution in [2.24, 2.45) is 23.7 Å². The van der Waals surface area contributed by atoms with Gasteiger partial charge in [0.25, 0.3) is 0 Å². The summed E-state index contributed by atoms with van der Waals surface area (Å²) in [6, 6.07) is 4.44. The van der Waals surface area contributed by atoms with Gasteiger partial charge in [0.15, 0.2) is 0 Å². The van der Waals surface area contributed by atoms with Crippen LogP contribution < -0.4 is 4.90 Å². The van der Waals surface area contributed by atoms with E-state index in [1.165, 1.54) is 18.2 Å². The van der Waals surface area contributed by atoms with Gasteiger partial charge < -0.3 is 5.11 Å². The van der Waals surface area contributed by atoms with Gasteiger partial charge in [0.2, 0.25) is 11.8 Å². The van der Waals surface area contributed by atoms with Crippen molar-refractivity contribution >= 4 is 29.1 Å². The van der Waals surface area contributed by atoms with Crippen molar-refractivity contribution < 1.29 is 14.7 Å². The normalized spacial score (nSPS) is 35.0. The van der Waals surface area contributed by atoms with Crippen LogP contribution in [0.4, 0.5) is 5.69 Å². The third kappa shape index (κ3) is 1.43. The first-order chi connectivity index (χ1) is 9.58. The molecule has 0 unspecified atom stereocenters. The van der Waals surface area contributed by atoms with E-state index in [4.69, 9.17) is 11.6 Å². The highest BCUT2D eigenvalue weighted by molar-refractivity contribution is 6.31. The second-order valence-electron chi connectivity index (χ2n) is 6.03. The standard InChI is InChI=1S/C15H14ClNO3/c16-9-3-4-11(18)10(6-9)17-14(19)12-7-1-2-8(5-7)13(12)15(17)20/h3-4,6-8,12-13,18H,1-2,5H2/t7-,8+,12-,13+. The first-order valence-corrected chi connectivity index (χ1v) is 7.32. The van der Waals surface area contributed by atoms with Gasteiger partial charge in [-0.2, -0.15) is 0 Å². The lowest BCUT2D eigenvalue weighted by Crippen LogP contribution is -2.32. The number of fused-ring (bicyclic) bond motifs is 5. The average molecular weight is 292 g/mol. The number of benzene rings is 1. The maximum atomic E-state index is 12.6. The van der Waals surface area contributed by atoms with Crippen LogP contribution in [0.3, 0.4) is 0 Å². The van der Waals surface area contributed by atoms with E-state index in [1.807, 2.05) is 0 Å². The molecule has 5 heteroatoms. The molecule has 2 aliphatic carbocycles. The summed E-state index contributed by atoms with van der Waals surface area (Å²) in [6.07, 6.45) is 3.09. The molecule has 3 aliphatic rings. The third-order valence-electron chi connectivity index (χ3n) is 5.11. The van der Waals surface area contributed by atoms with Gasteiger partial charge in [0, 0.05) is 5.02 Å². The number of nitrogens with zero attached hydrogens (tertiary/aromatic N) is 1. The van der Waals surface area contributed by atoms with Crippen molar-refractivity contribution in [1.29, 1.82) is 0 Å². The smallest absolute Gasteiger partial charge is 0.238 e. The molecule has 20 heavy (non-hydrogen) atoms. The van der Waals surface area contributed by atoms with Gasteiger partial charge in [-0.15, -0.1) is 0 Å². The maximum absolute atomic E-state index is 12.6. The van der Waals surface area contributed by atoms with E-state index >= 15 is 0 Å². The minimum Gasteiger partial charge on any atom is -0.506 e. The molecule has 1 N–H and O–H groups in total. The quantitative estimate of drug-likeness (QED) is 0.809. The molecule has 0 radical (unpaired) electrons. The van der Waals surface area contributed by atoms with Gasteiger partial charge >= 0.3 is 0 Å². The summed E-state index contributed by atoms with van der Waals surface area (Å²) in [6.45, 7) is 0. The molecule has 104 valence electrons. The second-order valence-corrected chi connectivity index (χ2v) is 6.47. The molecule has 2 amide bonds. The third-order valence-corrected chi connectivity index (χ3v) is 5.34. The molecule has 4 atom stereocenters. The Labute approximate surface area is 121 Å². The molecule has 0 aromatic heterocycles. The molecular weight excluding hydrogens is 278 g/mol. The highest BCUT2D eigenvalue weighted by Gasteiger charge is 2.61. The van der Waals surface area contributed by atoms with Crippen molar-refractivity contribution in [3.63, 3.8) is 0 Å². The number of anilines is 1. The van der Waals surface area contributed by atoms with Crippen LogP contribution >= 0.6 is 11.6 Å². The van der Waals surface area contributed by atoms with Crippen molar-refractivity contribution in [2.45, 2.75) is 19.3 Å². The van der Waals surface area contributed by atoms with Crippen LogP contribution in [0.1, 0.15) is 19.3 Å². The predicted octanol–water partition coefficient (Wildman–Crippen LogP) is 2.58. The minimum absolute atomic E-state index is 0.0802. The van der Waals surface area contributed by atoms with Crippen LogP contribution in [0.25, 0.3) is 0 Å². The monoisotopic (exact) mass is 291 g/mol. The largest absolute Gasteiger partial charge is 0.506 e. The zero-order valence-corrected chi connectivity index (χ0v) is 11.5. The molecule has 4 rings (SSSR count). The summed E-state index contributed by atoms with van der Waals surface area (Å²) in [5.41, 5.74) is 0.223. The molecule has 2 bridgehead atoms. The lowest BCUT2D eigenvalue weighted by molar-refractivity contribution is -0.123. The molecule has 3 fully saturated rings. The van der Waals surface area contributed by atoms with Crippen molar-refractivity contribution in [3.05, 3.63) is 23.2 Å². The van der Waals surface area contributed by atoms with Crippen LogP contribution in [0, 0.1) is 23.7 Å². The van der Waals surface area contributed by atoms with Gasteiger partial charge in [-0.05, 0) is 49.3 Å². The Morgan fingerprint density at radius 2 is 1.70 bits per heavy atom. The highest BCUT2D eigenvalue weighted by atomic mass is 35.5. The number of hydrogen-bond donors (Lipinski definition) is 1. The van der Waals surface area contributed by atoms with Crippen LogP contribution in [0.2, 0.25) is 5.02 Å². The van der Waals surface area contributed by atoms with E-state index in [1.54, 1.807) is 0 Å². The average Bonchev–Trinajstić information content (AvgIpc) is 3.08. The minimum atomic E-state index is -0.181. The lowest BCUT2D eigenvalue weighted by Gasteiger charge is -2.19. The molecule has 1 heterocycles. The van der Waals surface area contributed by atoms with Crippen LogP contribution in [-0.4, -0.2) is 16.9 Å². The fraction of sp³-hybridized carbons (Fsp3) is 0.467. The fourth-order valence-electron chi connectivity index (χ4n) is 4.32. The Morgan fingerprint density at radius 3 is 2.30 bits per heavy atom. The van der Waals surface area contributed by atoms with Crippen LogP contribution in [0.5, 0.6) is 5.75 Å². The topological polar surface area (TPSA) is 57.6 Å². The van der Waals surface area contributed by atoms with Gasteiger partial charge in [-0.1, -0.05) is 11.6 Å². The summed E-state index contributed by atoms with van der Waals surface area (Å²) in [7, 11) is 0. The predicted molar refractivity (Wildman–Crippen MR) is 73.4 cm³/mol. The fourth-order valence-corrected chi connectivity index (χ4v) is 4.49. The number of halogens is 1. The Balaban J connectivity index is 1.79. The molecule has 0 spiro atoms. The van der Waals surface area contributed by atoms with Crippen LogP contribution in [0.15, 0.2) is 18.2 Å². The lowest BCUT2D eigenvalue weighted by atomic mass is 9.81. The number of rotatable bonds is 1. The zero-order chi connectivity index (χ0) is 14.0. The Kier molecular flexibility index (Phi) is 2.43. The molecule has 1 aromatic rings. The SMILES string of the molecule is O=C1[C@@H]2[C@@H]3CC[C@@H](C3)[C@@H]2C(=O)N1c1cc(Cl)ccc1O. The molecule has 1 aliphatic heterocycles. The van der Waals surface area contributed by atoms with E-state index in [9.17, 15) is 14.7 Å². The number of carbonyl (C=O) groups excluding carboxylic acids is 2. The summed E-state index contributed by atoms with van der Waals surface area (Å²) >= 11 is 5.92. The van der Waals surface area contributed by atoms with Crippen LogP contribution in [-0.2, 0) is 9.59 Å². The highest BCUT2D eigenvalue weighted by Crippen LogP contribution is 2.57. The summed E-state index contributed by atoms with van der Waals surface area (Å²) in [5, 5.41) is 10.3. The number of amides is 2.